The highest BCUT2D eigenvalue weighted by molar-refractivity contribution is 5.41. The van der Waals surface area contributed by atoms with Crippen molar-refractivity contribution in [2.24, 2.45) is 11.1 Å². The van der Waals surface area contributed by atoms with Crippen molar-refractivity contribution in [2.45, 2.75) is 25.3 Å². The zero-order valence-corrected chi connectivity index (χ0v) is 10.3. The smallest absolute Gasteiger partial charge is 0.122 e. The van der Waals surface area contributed by atoms with Crippen LogP contribution in [-0.2, 0) is 6.42 Å². The van der Waals surface area contributed by atoms with Gasteiger partial charge in [0.05, 0.1) is 6.61 Å². The van der Waals surface area contributed by atoms with Gasteiger partial charge in [0.2, 0.25) is 0 Å². The Morgan fingerprint density at radius 2 is 2.29 bits per heavy atom. The monoisotopic (exact) mass is 232 g/mol. The number of hydrogen-bond acceptors (Lipinski definition) is 3. The molecule has 92 valence electrons. The Balaban J connectivity index is 1.84. The van der Waals surface area contributed by atoms with Crippen LogP contribution in [0.5, 0.6) is 5.75 Å². The van der Waals surface area contributed by atoms with Crippen molar-refractivity contribution in [3.8, 4) is 5.75 Å². The Labute approximate surface area is 102 Å². The van der Waals surface area contributed by atoms with E-state index in [1.807, 2.05) is 7.05 Å². The van der Waals surface area contributed by atoms with E-state index in [4.69, 9.17) is 10.5 Å². The Morgan fingerprint density at radius 1 is 1.47 bits per heavy atom. The molecule has 1 aliphatic heterocycles. The van der Waals surface area contributed by atoms with Gasteiger partial charge in [-0.25, -0.2) is 0 Å². The summed E-state index contributed by atoms with van der Waals surface area (Å²) in [6.07, 6.45) is 3.50. The Kier molecular flexibility index (Phi) is 2.60. The summed E-state index contributed by atoms with van der Waals surface area (Å²) in [5.74, 6) is 1.04. The second-order valence-corrected chi connectivity index (χ2v) is 5.34. The second kappa shape index (κ2) is 4.00. The lowest BCUT2D eigenvalue weighted by Gasteiger charge is -2.23. The fraction of sp³-hybridized carbons (Fsp3) is 0.571. The van der Waals surface area contributed by atoms with Crippen LogP contribution in [0.1, 0.15) is 30.0 Å². The molecule has 3 rings (SSSR count). The van der Waals surface area contributed by atoms with Crippen LogP contribution in [0.15, 0.2) is 18.2 Å². The van der Waals surface area contributed by atoms with Crippen molar-refractivity contribution in [3.63, 3.8) is 0 Å². The molecule has 1 saturated carbocycles. The van der Waals surface area contributed by atoms with Gasteiger partial charge in [-0.15, -0.1) is 0 Å². The summed E-state index contributed by atoms with van der Waals surface area (Å²) in [7, 11) is 2.00. The van der Waals surface area contributed by atoms with Gasteiger partial charge in [-0.2, -0.15) is 0 Å². The van der Waals surface area contributed by atoms with Crippen molar-refractivity contribution in [1.29, 1.82) is 0 Å². The average molecular weight is 232 g/mol. The van der Waals surface area contributed by atoms with Crippen LogP contribution < -0.4 is 15.8 Å². The number of rotatable bonds is 4. The molecule has 1 heterocycles. The average Bonchev–Trinajstić information content (AvgIpc) is 2.97. The van der Waals surface area contributed by atoms with E-state index >= 15 is 0 Å². The summed E-state index contributed by atoms with van der Waals surface area (Å²) in [5, 5.41) is 3.27. The first-order valence-corrected chi connectivity index (χ1v) is 6.41. The van der Waals surface area contributed by atoms with Crippen LogP contribution in [0.2, 0.25) is 0 Å². The van der Waals surface area contributed by atoms with E-state index in [0.717, 1.165) is 25.3 Å². The van der Waals surface area contributed by atoms with Crippen molar-refractivity contribution >= 4 is 0 Å². The molecule has 3 nitrogen and oxygen atoms in total. The summed E-state index contributed by atoms with van der Waals surface area (Å²) < 4.78 is 5.53. The zero-order chi connectivity index (χ0) is 11.9. The molecule has 1 aliphatic carbocycles. The summed E-state index contributed by atoms with van der Waals surface area (Å²) in [6.45, 7) is 1.83. The molecule has 2 aliphatic rings. The van der Waals surface area contributed by atoms with Crippen molar-refractivity contribution in [2.75, 3.05) is 20.2 Å². The van der Waals surface area contributed by atoms with E-state index in [9.17, 15) is 0 Å². The van der Waals surface area contributed by atoms with Crippen molar-refractivity contribution in [1.82, 2.24) is 5.32 Å². The molecule has 0 bridgehead atoms. The highest BCUT2D eigenvalue weighted by Gasteiger charge is 2.47. The van der Waals surface area contributed by atoms with E-state index in [0.29, 0.717) is 5.41 Å². The third-order valence-corrected chi connectivity index (χ3v) is 4.15. The lowest BCUT2D eigenvalue weighted by molar-refractivity contribution is 0.356. The maximum atomic E-state index is 6.43. The lowest BCUT2D eigenvalue weighted by Crippen LogP contribution is -2.31. The van der Waals surface area contributed by atoms with Crippen LogP contribution >= 0.6 is 0 Å². The first-order valence-electron chi connectivity index (χ1n) is 6.41. The van der Waals surface area contributed by atoms with Gasteiger partial charge in [0.15, 0.2) is 0 Å². The normalized spacial score (nSPS) is 21.8. The van der Waals surface area contributed by atoms with Gasteiger partial charge in [-0.3, -0.25) is 0 Å². The first-order chi connectivity index (χ1) is 8.25. The van der Waals surface area contributed by atoms with Crippen LogP contribution in [-0.4, -0.2) is 20.2 Å². The van der Waals surface area contributed by atoms with Gasteiger partial charge < -0.3 is 15.8 Å². The first kappa shape index (κ1) is 11.1. The van der Waals surface area contributed by atoms with E-state index < -0.39 is 0 Å². The number of benzene rings is 1. The van der Waals surface area contributed by atoms with Gasteiger partial charge in [-0.1, -0.05) is 12.1 Å². The molecule has 17 heavy (non-hydrogen) atoms. The molecule has 0 saturated heterocycles. The van der Waals surface area contributed by atoms with Crippen LogP contribution in [0.3, 0.4) is 0 Å². The maximum Gasteiger partial charge on any atom is 0.122 e. The molecule has 0 spiro atoms. The standard InChI is InChI=1S/C14H20N2O/c1-16-9-14(5-6-14)13(15)11-2-3-12-10(8-11)4-7-17-12/h2-3,8,13,16H,4-7,9,15H2,1H3. The molecule has 0 aromatic heterocycles. The van der Waals surface area contributed by atoms with E-state index in [-0.39, 0.29) is 6.04 Å². The molecule has 1 atom stereocenters. The molecule has 3 N–H and O–H groups in total. The molecule has 1 fully saturated rings. The van der Waals surface area contributed by atoms with Crippen LogP contribution in [0.4, 0.5) is 0 Å². The van der Waals surface area contributed by atoms with E-state index in [2.05, 4.69) is 23.5 Å². The molecule has 1 aromatic carbocycles. The topological polar surface area (TPSA) is 47.3 Å². The number of nitrogens with one attached hydrogen (secondary N) is 1. The second-order valence-electron chi connectivity index (χ2n) is 5.34. The van der Waals surface area contributed by atoms with E-state index in [1.54, 1.807) is 0 Å². The summed E-state index contributed by atoms with van der Waals surface area (Å²) in [5.41, 5.74) is 9.31. The SMILES string of the molecule is CNCC1(C(N)c2ccc3c(c2)CCO3)CC1. The van der Waals surface area contributed by atoms with Gasteiger partial charge in [0.25, 0.3) is 0 Å². The minimum Gasteiger partial charge on any atom is -0.493 e. The quantitative estimate of drug-likeness (QED) is 0.829. The lowest BCUT2D eigenvalue weighted by atomic mass is 9.89. The molecular formula is C14H20N2O. The Bertz CT molecular complexity index is 426. The fourth-order valence-corrected chi connectivity index (χ4v) is 2.86. The summed E-state index contributed by atoms with van der Waals surface area (Å²) >= 11 is 0. The highest BCUT2D eigenvalue weighted by Crippen LogP contribution is 2.53. The molecule has 0 radical (unpaired) electrons. The van der Waals surface area contributed by atoms with Crippen LogP contribution in [0.25, 0.3) is 0 Å². The molecule has 1 unspecified atom stereocenters. The predicted octanol–water partition coefficient (Wildman–Crippen LogP) is 1.62. The van der Waals surface area contributed by atoms with E-state index in [1.165, 1.54) is 24.0 Å². The Morgan fingerprint density at radius 3 is 3.00 bits per heavy atom. The fourth-order valence-electron chi connectivity index (χ4n) is 2.86. The number of fused-ring (bicyclic) bond motifs is 1. The number of nitrogens with two attached hydrogens (primary N) is 1. The molecule has 3 heteroatoms. The predicted molar refractivity (Wildman–Crippen MR) is 68.2 cm³/mol. The molecule has 1 aromatic rings. The highest BCUT2D eigenvalue weighted by atomic mass is 16.5. The largest absolute Gasteiger partial charge is 0.493 e. The minimum absolute atomic E-state index is 0.154. The number of ether oxygens (including phenoxy) is 1. The Hall–Kier alpha value is -1.06. The van der Waals surface area contributed by atoms with Gasteiger partial charge in [-0.05, 0) is 37.1 Å². The number of hydrogen-bond donors (Lipinski definition) is 2. The molecular weight excluding hydrogens is 212 g/mol. The third-order valence-electron chi connectivity index (χ3n) is 4.15. The van der Waals surface area contributed by atoms with Crippen molar-refractivity contribution in [3.05, 3.63) is 29.3 Å². The maximum absolute atomic E-state index is 6.43. The minimum atomic E-state index is 0.154. The van der Waals surface area contributed by atoms with Crippen LogP contribution in [0, 0.1) is 5.41 Å². The molecule has 0 amide bonds. The zero-order valence-electron chi connectivity index (χ0n) is 10.3. The van der Waals surface area contributed by atoms with Crippen molar-refractivity contribution < 1.29 is 4.74 Å². The van der Waals surface area contributed by atoms with Gasteiger partial charge in [0, 0.05) is 24.4 Å². The summed E-state index contributed by atoms with van der Waals surface area (Å²) in [6, 6.07) is 6.60. The third kappa shape index (κ3) is 1.83. The van der Waals surface area contributed by atoms with Gasteiger partial charge >= 0.3 is 0 Å². The van der Waals surface area contributed by atoms with Gasteiger partial charge in [0.1, 0.15) is 5.75 Å². The summed E-state index contributed by atoms with van der Waals surface area (Å²) in [4.78, 5) is 0.